The van der Waals surface area contributed by atoms with Gasteiger partial charge in [-0.05, 0) is 54.8 Å². The Bertz CT molecular complexity index is 654. The molecule has 0 atom stereocenters. The molecule has 0 spiro atoms. The Balaban J connectivity index is 1.99. The lowest BCUT2D eigenvalue weighted by molar-refractivity contribution is 0.0734. The third-order valence-corrected chi connectivity index (χ3v) is 3.74. The van der Waals surface area contributed by atoms with Crippen LogP contribution < -0.4 is 4.74 Å². The van der Waals surface area contributed by atoms with Gasteiger partial charge in [0, 0.05) is 12.0 Å². The van der Waals surface area contributed by atoms with Crippen molar-refractivity contribution in [2.24, 2.45) is 0 Å². The van der Waals surface area contributed by atoms with Crippen molar-refractivity contribution in [3.05, 3.63) is 65.2 Å². The molecule has 2 rings (SSSR count). The Morgan fingerprint density at radius 2 is 1.48 bits per heavy atom. The van der Waals surface area contributed by atoms with Crippen LogP contribution in [0.4, 0.5) is 0 Å². The van der Waals surface area contributed by atoms with Crippen LogP contribution in [-0.4, -0.2) is 11.8 Å². The number of esters is 1. The van der Waals surface area contributed by atoms with Crippen LogP contribution in [0.25, 0.3) is 0 Å². The van der Waals surface area contributed by atoms with E-state index in [1.54, 1.807) is 36.4 Å². The summed E-state index contributed by atoms with van der Waals surface area (Å²) >= 11 is 0. The summed E-state index contributed by atoms with van der Waals surface area (Å²) in [5, 5.41) is 0. The molecular formula is C20H22O3. The highest BCUT2D eigenvalue weighted by Crippen LogP contribution is 2.16. The van der Waals surface area contributed by atoms with Crippen molar-refractivity contribution in [3.63, 3.8) is 0 Å². The third kappa shape index (κ3) is 4.78. The van der Waals surface area contributed by atoms with E-state index in [4.69, 9.17) is 4.74 Å². The average molecular weight is 310 g/mol. The zero-order valence-electron chi connectivity index (χ0n) is 13.7. The Kier molecular flexibility index (Phi) is 6.10. The number of unbranched alkanes of at least 4 members (excludes halogenated alkanes) is 1. The van der Waals surface area contributed by atoms with E-state index in [1.165, 1.54) is 5.56 Å². The standard InChI is InChI=1S/C20H22O3/c1-3-5-6-19(21)16-11-13-18(14-12-16)23-20(22)17-9-7-15(4-2)8-10-17/h7-14H,3-6H2,1-2H3. The fourth-order valence-corrected chi connectivity index (χ4v) is 2.23. The van der Waals surface area contributed by atoms with Crippen LogP contribution in [0.5, 0.6) is 5.75 Å². The minimum Gasteiger partial charge on any atom is -0.423 e. The van der Waals surface area contributed by atoms with Gasteiger partial charge >= 0.3 is 5.97 Å². The van der Waals surface area contributed by atoms with Gasteiger partial charge in [-0.25, -0.2) is 4.79 Å². The minimum atomic E-state index is -0.391. The summed E-state index contributed by atoms with van der Waals surface area (Å²) in [5.41, 5.74) is 2.35. The summed E-state index contributed by atoms with van der Waals surface area (Å²) < 4.78 is 5.34. The van der Waals surface area contributed by atoms with Gasteiger partial charge in [0.1, 0.15) is 5.75 Å². The first-order chi connectivity index (χ1) is 11.1. The number of ether oxygens (including phenoxy) is 1. The van der Waals surface area contributed by atoms with Gasteiger partial charge in [0.2, 0.25) is 0 Å². The van der Waals surface area contributed by atoms with Crippen molar-refractivity contribution in [1.29, 1.82) is 0 Å². The number of carbonyl (C=O) groups excluding carboxylic acids is 2. The largest absolute Gasteiger partial charge is 0.423 e. The average Bonchev–Trinajstić information content (AvgIpc) is 2.60. The molecule has 0 heterocycles. The lowest BCUT2D eigenvalue weighted by Gasteiger charge is -2.06. The molecule has 0 bridgehead atoms. The Labute approximate surface area is 137 Å². The fourth-order valence-electron chi connectivity index (χ4n) is 2.23. The van der Waals surface area contributed by atoms with E-state index in [9.17, 15) is 9.59 Å². The lowest BCUT2D eigenvalue weighted by Crippen LogP contribution is -2.08. The van der Waals surface area contributed by atoms with Crippen molar-refractivity contribution in [2.45, 2.75) is 39.5 Å². The zero-order chi connectivity index (χ0) is 16.7. The van der Waals surface area contributed by atoms with Gasteiger partial charge in [-0.2, -0.15) is 0 Å². The molecule has 0 aromatic heterocycles. The molecule has 2 aromatic carbocycles. The number of hydrogen-bond acceptors (Lipinski definition) is 3. The molecule has 0 saturated heterocycles. The van der Waals surface area contributed by atoms with Gasteiger partial charge < -0.3 is 4.74 Å². The van der Waals surface area contributed by atoms with E-state index >= 15 is 0 Å². The molecule has 23 heavy (non-hydrogen) atoms. The zero-order valence-corrected chi connectivity index (χ0v) is 13.7. The van der Waals surface area contributed by atoms with Crippen molar-refractivity contribution >= 4 is 11.8 Å². The molecule has 3 nitrogen and oxygen atoms in total. The van der Waals surface area contributed by atoms with E-state index < -0.39 is 5.97 Å². The van der Waals surface area contributed by atoms with Crippen LogP contribution in [-0.2, 0) is 6.42 Å². The Morgan fingerprint density at radius 1 is 0.870 bits per heavy atom. The molecule has 0 radical (unpaired) electrons. The minimum absolute atomic E-state index is 0.125. The summed E-state index contributed by atoms with van der Waals surface area (Å²) in [4.78, 5) is 24.0. The second kappa shape index (κ2) is 8.28. The van der Waals surface area contributed by atoms with E-state index in [0.29, 0.717) is 23.3 Å². The summed E-state index contributed by atoms with van der Waals surface area (Å²) in [5.74, 6) is 0.180. The number of rotatable bonds is 7. The highest BCUT2D eigenvalue weighted by atomic mass is 16.5. The summed E-state index contributed by atoms with van der Waals surface area (Å²) in [6.45, 7) is 4.12. The Morgan fingerprint density at radius 3 is 2.04 bits per heavy atom. The van der Waals surface area contributed by atoms with Crippen LogP contribution in [0.1, 0.15) is 59.4 Å². The van der Waals surface area contributed by atoms with Gasteiger partial charge in [-0.1, -0.05) is 32.4 Å². The van der Waals surface area contributed by atoms with E-state index in [0.717, 1.165) is 19.3 Å². The predicted octanol–water partition coefficient (Wildman–Crippen LogP) is 4.84. The monoisotopic (exact) mass is 310 g/mol. The van der Waals surface area contributed by atoms with Crippen LogP contribution in [0.15, 0.2) is 48.5 Å². The molecule has 0 amide bonds. The molecule has 0 unspecified atom stereocenters. The molecule has 0 saturated carbocycles. The topological polar surface area (TPSA) is 43.4 Å². The van der Waals surface area contributed by atoms with E-state index in [2.05, 4.69) is 13.8 Å². The van der Waals surface area contributed by atoms with Gasteiger partial charge in [0.15, 0.2) is 5.78 Å². The molecule has 0 aliphatic carbocycles. The number of benzene rings is 2. The predicted molar refractivity (Wildman–Crippen MR) is 91.1 cm³/mol. The first kappa shape index (κ1) is 16.9. The number of Topliss-reactive ketones (excluding diaryl/α,β-unsaturated/α-hetero) is 1. The molecule has 0 aliphatic rings. The van der Waals surface area contributed by atoms with Gasteiger partial charge in [0.05, 0.1) is 5.56 Å². The first-order valence-electron chi connectivity index (χ1n) is 8.08. The maximum Gasteiger partial charge on any atom is 0.343 e. The number of carbonyl (C=O) groups is 2. The molecular weight excluding hydrogens is 288 g/mol. The van der Waals surface area contributed by atoms with Crippen LogP contribution in [0.2, 0.25) is 0 Å². The quantitative estimate of drug-likeness (QED) is 0.417. The highest BCUT2D eigenvalue weighted by Gasteiger charge is 2.10. The van der Waals surface area contributed by atoms with Gasteiger partial charge in [0.25, 0.3) is 0 Å². The number of hydrogen-bond donors (Lipinski definition) is 0. The Hall–Kier alpha value is -2.42. The maximum atomic E-state index is 12.1. The molecule has 3 heteroatoms. The van der Waals surface area contributed by atoms with Gasteiger partial charge in [-0.15, -0.1) is 0 Å². The number of aryl methyl sites for hydroxylation is 1. The molecule has 0 fully saturated rings. The first-order valence-corrected chi connectivity index (χ1v) is 8.08. The normalized spacial score (nSPS) is 10.3. The SMILES string of the molecule is CCCCC(=O)c1ccc(OC(=O)c2ccc(CC)cc2)cc1. The van der Waals surface area contributed by atoms with Crippen LogP contribution in [0, 0.1) is 0 Å². The van der Waals surface area contributed by atoms with E-state index in [1.807, 2.05) is 12.1 Å². The van der Waals surface area contributed by atoms with Crippen molar-refractivity contribution in [3.8, 4) is 5.75 Å². The fraction of sp³-hybridized carbons (Fsp3) is 0.300. The molecule has 0 N–H and O–H groups in total. The lowest BCUT2D eigenvalue weighted by atomic mass is 10.1. The van der Waals surface area contributed by atoms with Gasteiger partial charge in [-0.3, -0.25) is 4.79 Å². The van der Waals surface area contributed by atoms with E-state index in [-0.39, 0.29) is 5.78 Å². The van der Waals surface area contributed by atoms with Crippen molar-refractivity contribution in [2.75, 3.05) is 0 Å². The molecule has 0 aliphatic heterocycles. The maximum absolute atomic E-state index is 12.1. The van der Waals surface area contributed by atoms with Crippen molar-refractivity contribution in [1.82, 2.24) is 0 Å². The summed E-state index contributed by atoms with van der Waals surface area (Å²) in [6, 6.07) is 14.1. The highest BCUT2D eigenvalue weighted by molar-refractivity contribution is 5.96. The van der Waals surface area contributed by atoms with Crippen LogP contribution >= 0.6 is 0 Å². The van der Waals surface area contributed by atoms with Crippen LogP contribution in [0.3, 0.4) is 0 Å². The van der Waals surface area contributed by atoms with Crippen molar-refractivity contribution < 1.29 is 14.3 Å². The third-order valence-electron chi connectivity index (χ3n) is 3.74. The summed E-state index contributed by atoms with van der Waals surface area (Å²) in [6.07, 6.45) is 3.38. The smallest absolute Gasteiger partial charge is 0.343 e. The second-order valence-corrected chi connectivity index (χ2v) is 5.49. The summed E-state index contributed by atoms with van der Waals surface area (Å²) in [7, 11) is 0. The molecule has 2 aromatic rings. The second-order valence-electron chi connectivity index (χ2n) is 5.49. The number of ketones is 1. The molecule has 120 valence electrons.